The zero-order valence-electron chi connectivity index (χ0n) is 21.0. The summed E-state index contributed by atoms with van der Waals surface area (Å²) < 4.78 is 6.84. The summed E-state index contributed by atoms with van der Waals surface area (Å²) in [7, 11) is 0. The number of aromatic nitrogens is 1. The molecule has 0 N–H and O–H groups in total. The first-order valence-corrected chi connectivity index (χ1v) is 12.8. The van der Waals surface area contributed by atoms with Crippen LogP contribution in [0, 0.1) is 5.92 Å². The van der Waals surface area contributed by atoms with Crippen LogP contribution < -0.4 is 10.7 Å². The first-order valence-electron chi connectivity index (χ1n) is 12.8. The molecule has 1 unspecified atom stereocenters. The number of hydrogen-bond acceptors (Lipinski definition) is 5. The van der Waals surface area contributed by atoms with Crippen molar-refractivity contribution in [2.75, 3.05) is 31.1 Å². The third-order valence-corrected chi connectivity index (χ3v) is 7.21. The van der Waals surface area contributed by atoms with Crippen LogP contribution >= 0.6 is 0 Å². The maximum Gasteiger partial charge on any atom is 0.426 e. The lowest BCUT2D eigenvalue weighted by atomic mass is 10.0. The van der Waals surface area contributed by atoms with Crippen molar-refractivity contribution < 1.29 is 9.21 Å². The Bertz CT molecular complexity index is 1400. The van der Waals surface area contributed by atoms with E-state index in [0.717, 1.165) is 44.8 Å². The average molecular weight is 484 g/mol. The van der Waals surface area contributed by atoms with Crippen molar-refractivity contribution in [3.8, 4) is 11.1 Å². The largest absolute Gasteiger partial charge is 0.426 e. The summed E-state index contributed by atoms with van der Waals surface area (Å²) in [6, 6.07) is 24.9. The summed E-state index contributed by atoms with van der Waals surface area (Å²) in [4.78, 5) is 30.1. The first-order chi connectivity index (χ1) is 17.5. The minimum Gasteiger partial charge on any atom is -0.405 e. The van der Waals surface area contributed by atoms with Crippen LogP contribution in [0.5, 0.6) is 0 Å². The number of benzene rings is 3. The predicted octanol–water partition coefficient (Wildman–Crippen LogP) is 5.66. The number of fused-ring (bicyclic) bond motifs is 1. The molecule has 1 aliphatic rings. The molecule has 5 rings (SSSR count). The zero-order valence-corrected chi connectivity index (χ0v) is 21.0. The maximum atomic E-state index is 12.8. The average Bonchev–Trinajstić information content (AvgIpc) is 3.25. The first kappa shape index (κ1) is 24.1. The lowest BCUT2D eigenvalue weighted by molar-refractivity contribution is 0.0878. The fourth-order valence-corrected chi connectivity index (χ4v) is 4.93. The van der Waals surface area contributed by atoms with E-state index in [2.05, 4.69) is 58.3 Å². The summed E-state index contributed by atoms with van der Waals surface area (Å²) in [5.74, 6) is -0.575. The number of oxazole rings is 1. The number of hydrogen-bond donors (Lipinski definition) is 0. The van der Waals surface area contributed by atoms with E-state index in [9.17, 15) is 9.59 Å². The molecule has 186 valence electrons. The van der Waals surface area contributed by atoms with Gasteiger partial charge in [0.25, 0.3) is 0 Å². The van der Waals surface area contributed by atoms with E-state index in [1.54, 1.807) is 6.07 Å². The number of para-hydroxylation sites is 1. The molecule has 36 heavy (non-hydrogen) atoms. The molecule has 3 aromatic carbocycles. The molecule has 0 bridgehead atoms. The van der Waals surface area contributed by atoms with Gasteiger partial charge < -0.3 is 9.32 Å². The summed E-state index contributed by atoms with van der Waals surface area (Å²) >= 11 is 0. The molecule has 0 spiro atoms. The molecular weight excluding hydrogens is 450 g/mol. The Morgan fingerprint density at radius 3 is 2.39 bits per heavy atom. The van der Waals surface area contributed by atoms with Gasteiger partial charge in [0.1, 0.15) is 5.52 Å². The summed E-state index contributed by atoms with van der Waals surface area (Å²) in [5, 5.41) is 0. The van der Waals surface area contributed by atoms with Crippen LogP contribution in [0.25, 0.3) is 22.2 Å². The molecule has 0 radical (unpaired) electrons. The molecule has 4 aromatic rings. The standard InChI is InChI=1S/C30H33N3O3/c1-3-22(2)19-28(34)33-27-14-8-13-26(29(27)36-30(33)35)32-17-15-31(16-18-32)21-23-9-7-12-25(20-23)24-10-5-4-6-11-24/h4-14,20,22H,3,15-19,21H2,1-2H3. The van der Waals surface area contributed by atoms with Crippen LogP contribution in [0.4, 0.5) is 5.69 Å². The molecule has 0 aliphatic carbocycles. The normalized spacial score (nSPS) is 15.3. The van der Waals surface area contributed by atoms with Crippen LogP contribution in [-0.4, -0.2) is 41.6 Å². The van der Waals surface area contributed by atoms with Crippen molar-refractivity contribution in [1.82, 2.24) is 9.47 Å². The van der Waals surface area contributed by atoms with Gasteiger partial charge in [0.2, 0.25) is 5.91 Å². The number of carbonyl (C=O) groups excluding carboxylic acids is 1. The molecule has 1 saturated heterocycles. The van der Waals surface area contributed by atoms with E-state index >= 15 is 0 Å². The fraction of sp³-hybridized carbons (Fsp3) is 0.333. The van der Waals surface area contributed by atoms with Gasteiger partial charge in [0.05, 0.1) is 5.69 Å². The second kappa shape index (κ2) is 10.5. The number of rotatable bonds is 7. The summed E-state index contributed by atoms with van der Waals surface area (Å²) in [6.45, 7) is 8.43. The smallest absolute Gasteiger partial charge is 0.405 e. The monoisotopic (exact) mass is 483 g/mol. The van der Waals surface area contributed by atoms with E-state index in [-0.39, 0.29) is 11.8 Å². The second-order valence-corrected chi connectivity index (χ2v) is 9.77. The molecule has 1 aromatic heterocycles. The van der Waals surface area contributed by atoms with Gasteiger partial charge in [-0.3, -0.25) is 9.69 Å². The number of anilines is 1. The lowest BCUT2D eigenvalue weighted by Crippen LogP contribution is -2.46. The van der Waals surface area contributed by atoms with E-state index in [0.29, 0.717) is 17.5 Å². The van der Waals surface area contributed by atoms with Crippen molar-refractivity contribution >= 4 is 22.7 Å². The van der Waals surface area contributed by atoms with Crippen molar-refractivity contribution in [3.63, 3.8) is 0 Å². The Morgan fingerprint density at radius 1 is 0.917 bits per heavy atom. The molecule has 1 aliphatic heterocycles. The van der Waals surface area contributed by atoms with Crippen molar-refractivity contribution in [2.24, 2.45) is 5.92 Å². The molecule has 6 nitrogen and oxygen atoms in total. The summed E-state index contributed by atoms with van der Waals surface area (Å²) in [6.07, 6.45) is 1.22. The molecule has 6 heteroatoms. The van der Waals surface area contributed by atoms with E-state index < -0.39 is 5.76 Å². The highest BCUT2D eigenvalue weighted by atomic mass is 16.4. The maximum absolute atomic E-state index is 12.8. The second-order valence-electron chi connectivity index (χ2n) is 9.77. The van der Waals surface area contributed by atoms with Gasteiger partial charge in [0, 0.05) is 39.1 Å². The SMILES string of the molecule is CCC(C)CC(=O)n1c(=O)oc2c(N3CCN(Cc4cccc(-c5ccccc5)c4)CC3)cccc21. The highest BCUT2D eigenvalue weighted by molar-refractivity contribution is 5.94. The van der Waals surface area contributed by atoms with Crippen LogP contribution in [0.2, 0.25) is 0 Å². The molecule has 0 amide bonds. The fourth-order valence-electron chi connectivity index (χ4n) is 4.93. The third-order valence-electron chi connectivity index (χ3n) is 7.21. The number of carbonyl (C=O) groups is 1. The summed E-state index contributed by atoms with van der Waals surface area (Å²) in [5.41, 5.74) is 5.71. The molecule has 0 saturated carbocycles. The van der Waals surface area contributed by atoms with Gasteiger partial charge in [-0.25, -0.2) is 9.36 Å². The van der Waals surface area contributed by atoms with Gasteiger partial charge in [-0.2, -0.15) is 0 Å². The van der Waals surface area contributed by atoms with Crippen LogP contribution in [-0.2, 0) is 6.54 Å². The van der Waals surface area contributed by atoms with Gasteiger partial charge >= 0.3 is 5.76 Å². The molecule has 1 fully saturated rings. The van der Waals surface area contributed by atoms with Crippen molar-refractivity contribution in [3.05, 3.63) is 88.9 Å². The molecular formula is C30H33N3O3. The van der Waals surface area contributed by atoms with E-state index in [4.69, 9.17) is 4.42 Å². The van der Waals surface area contributed by atoms with E-state index in [1.807, 2.05) is 32.0 Å². The highest BCUT2D eigenvalue weighted by Gasteiger charge is 2.24. The van der Waals surface area contributed by atoms with Crippen LogP contribution in [0.1, 0.15) is 37.0 Å². The molecule has 1 atom stereocenters. The minimum atomic E-state index is -0.595. The minimum absolute atomic E-state index is 0.201. The van der Waals surface area contributed by atoms with Gasteiger partial charge in [-0.05, 0) is 40.8 Å². The third kappa shape index (κ3) is 5.00. The Kier molecular flexibility index (Phi) is 7.05. The van der Waals surface area contributed by atoms with Crippen LogP contribution in [0.15, 0.2) is 82.0 Å². The quantitative estimate of drug-likeness (QED) is 0.339. The van der Waals surface area contributed by atoms with Gasteiger partial charge in [-0.15, -0.1) is 0 Å². The highest BCUT2D eigenvalue weighted by Crippen LogP contribution is 2.28. The zero-order chi connectivity index (χ0) is 25.1. The number of nitrogens with zero attached hydrogens (tertiary/aromatic N) is 3. The lowest BCUT2D eigenvalue weighted by Gasteiger charge is -2.36. The Labute approximate surface area is 211 Å². The van der Waals surface area contributed by atoms with Gasteiger partial charge in [0.15, 0.2) is 5.58 Å². The van der Waals surface area contributed by atoms with E-state index in [1.165, 1.54) is 21.3 Å². The number of piperazine rings is 1. The Hall–Kier alpha value is -3.64. The Morgan fingerprint density at radius 2 is 1.64 bits per heavy atom. The van der Waals surface area contributed by atoms with Gasteiger partial charge in [-0.1, -0.05) is 74.9 Å². The molecule has 2 heterocycles. The Balaban J connectivity index is 1.29. The topological polar surface area (TPSA) is 58.7 Å². The van der Waals surface area contributed by atoms with Crippen molar-refractivity contribution in [2.45, 2.75) is 33.2 Å². The predicted molar refractivity (Wildman–Crippen MR) is 145 cm³/mol. The van der Waals surface area contributed by atoms with Crippen molar-refractivity contribution in [1.29, 1.82) is 0 Å². The van der Waals surface area contributed by atoms with Crippen LogP contribution in [0.3, 0.4) is 0 Å².